The van der Waals surface area contributed by atoms with Gasteiger partial charge in [-0.25, -0.2) is 9.59 Å². The molecular weight excluding hydrogens is 304 g/mol. The molecular formula is C20H20O4. The van der Waals surface area contributed by atoms with E-state index in [1.165, 1.54) is 0 Å². The third-order valence-corrected chi connectivity index (χ3v) is 3.43. The number of hydrogen-bond donors (Lipinski definition) is 0. The van der Waals surface area contributed by atoms with E-state index in [2.05, 4.69) is 0 Å². The van der Waals surface area contributed by atoms with Crippen molar-refractivity contribution in [1.29, 1.82) is 0 Å². The number of carbonyl (C=O) groups excluding carboxylic acids is 2. The minimum Gasteiger partial charge on any atom is -0.463 e. The summed E-state index contributed by atoms with van der Waals surface area (Å²) >= 11 is 0. The van der Waals surface area contributed by atoms with Crippen LogP contribution in [0.5, 0.6) is 0 Å². The molecule has 0 N–H and O–H groups in total. The molecule has 2 aromatic rings. The summed E-state index contributed by atoms with van der Waals surface area (Å²) in [6.45, 7) is 3.61. The van der Waals surface area contributed by atoms with Crippen LogP contribution >= 0.6 is 0 Å². The highest BCUT2D eigenvalue weighted by Crippen LogP contribution is 2.17. The van der Waals surface area contributed by atoms with E-state index in [0.717, 1.165) is 5.56 Å². The van der Waals surface area contributed by atoms with Crippen molar-refractivity contribution in [2.24, 2.45) is 0 Å². The Hall–Kier alpha value is -2.88. The summed E-state index contributed by atoms with van der Waals surface area (Å²) in [5, 5.41) is 0. The lowest BCUT2D eigenvalue weighted by Gasteiger charge is -2.12. The maximum atomic E-state index is 12.2. The van der Waals surface area contributed by atoms with E-state index in [1.54, 1.807) is 38.1 Å². The first-order valence-corrected chi connectivity index (χ1v) is 7.79. The van der Waals surface area contributed by atoms with Gasteiger partial charge < -0.3 is 9.47 Å². The first-order chi connectivity index (χ1) is 11.6. The summed E-state index contributed by atoms with van der Waals surface area (Å²) in [6, 6.07) is 18.2. The van der Waals surface area contributed by atoms with Gasteiger partial charge in [0.2, 0.25) is 0 Å². The van der Waals surface area contributed by atoms with E-state index in [9.17, 15) is 9.59 Å². The average Bonchev–Trinajstić information content (AvgIpc) is 2.61. The molecule has 0 saturated heterocycles. The fourth-order valence-corrected chi connectivity index (χ4v) is 2.19. The highest BCUT2D eigenvalue weighted by atomic mass is 16.5. The fourth-order valence-electron chi connectivity index (χ4n) is 2.19. The number of esters is 2. The van der Waals surface area contributed by atoms with Gasteiger partial charge in [0.05, 0.1) is 17.7 Å². The van der Waals surface area contributed by atoms with E-state index in [0.29, 0.717) is 17.6 Å². The summed E-state index contributed by atoms with van der Waals surface area (Å²) < 4.78 is 10.5. The van der Waals surface area contributed by atoms with Crippen LogP contribution in [0.15, 0.2) is 72.0 Å². The second kappa shape index (κ2) is 8.67. The van der Waals surface area contributed by atoms with Crippen LogP contribution in [0.2, 0.25) is 0 Å². The normalized spacial score (nSPS) is 11.4. The quantitative estimate of drug-likeness (QED) is 0.459. The van der Waals surface area contributed by atoms with E-state index in [-0.39, 0.29) is 12.4 Å². The minimum atomic E-state index is -0.497. The maximum Gasteiger partial charge on any atom is 0.343 e. The molecule has 0 bridgehead atoms. The molecule has 0 heterocycles. The highest BCUT2D eigenvalue weighted by Gasteiger charge is 2.18. The molecule has 4 heteroatoms. The summed E-state index contributed by atoms with van der Waals surface area (Å²) in [4.78, 5) is 24.4. The van der Waals surface area contributed by atoms with Crippen LogP contribution in [-0.4, -0.2) is 18.5 Å². The van der Waals surface area contributed by atoms with E-state index in [4.69, 9.17) is 9.47 Å². The predicted molar refractivity (Wildman–Crippen MR) is 91.3 cm³/mol. The SMILES string of the molecule is CCOC(=O)/C(Cc1ccccc1)=C(\C)OC(=O)c1ccccc1. The van der Waals surface area contributed by atoms with Gasteiger partial charge in [-0.3, -0.25) is 0 Å². The van der Waals surface area contributed by atoms with Gasteiger partial charge in [-0.05, 0) is 31.5 Å². The molecule has 0 amide bonds. The molecule has 4 nitrogen and oxygen atoms in total. The smallest absolute Gasteiger partial charge is 0.343 e. The number of rotatable bonds is 6. The van der Waals surface area contributed by atoms with Crippen molar-refractivity contribution < 1.29 is 19.1 Å². The Kier molecular flexibility index (Phi) is 6.32. The molecule has 0 spiro atoms. The first kappa shape index (κ1) is 17.5. The molecule has 0 aliphatic heterocycles. The first-order valence-electron chi connectivity index (χ1n) is 7.79. The monoisotopic (exact) mass is 324 g/mol. The Morgan fingerprint density at radius 2 is 1.50 bits per heavy atom. The Labute approximate surface area is 141 Å². The molecule has 0 saturated carbocycles. The highest BCUT2D eigenvalue weighted by molar-refractivity contribution is 5.93. The Morgan fingerprint density at radius 3 is 2.08 bits per heavy atom. The molecule has 0 aromatic heterocycles. The Bertz CT molecular complexity index is 718. The summed E-state index contributed by atoms with van der Waals surface area (Å²) in [5.41, 5.74) is 1.71. The van der Waals surface area contributed by atoms with Crippen molar-refractivity contribution >= 4 is 11.9 Å². The van der Waals surface area contributed by atoms with Gasteiger partial charge in [0, 0.05) is 6.42 Å². The van der Waals surface area contributed by atoms with Crippen molar-refractivity contribution in [2.45, 2.75) is 20.3 Å². The minimum absolute atomic E-state index is 0.256. The maximum absolute atomic E-state index is 12.2. The molecule has 24 heavy (non-hydrogen) atoms. The molecule has 2 aromatic carbocycles. The van der Waals surface area contributed by atoms with Crippen LogP contribution in [0.25, 0.3) is 0 Å². The van der Waals surface area contributed by atoms with Gasteiger partial charge in [-0.1, -0.05) is 48.5 Å². The molecule has 0 aliphatic carbocycles. The van der Waals surface area contributed by atoms with Crippen LogP contribution < -0.4 is 0 Å². The topological polar surface area (TPSA) is 52.6 Å². The molecule has 0 radical (unpaired) electrons. The molecule has 0 unspecified atom stereocenters. The van der Waals surface area contributed by atoms with Gasteiger partial charge in [-0.2, -0.15) is 0 Å². The van der Waals surface area contributed by atoms with Crippen molar-refractivity contribution in [3.05, 3.63) is 83.1 Å². The fraction of sp³-hybridized carbons (Fsp3) is 0.200. The average molecular weight is 324 g/mol. The van der Waals surface area contributed by atoms with Gasteiger partial charge >= 0.3 is 11.9 Å². The lowest BCUT2D eigenvalue weighted by atomic mass is 10.0. The van der Waals surface area contributed by atoms with E-state index < -0.39 is 11.9 Å². The second-order valence-electron chi connectivity index (χ2n) is 5.17. The van der Waals surface area contributed by atoms with Crippen LogP contribution in [-0.2, 0) is 20.7 Å². The standard InChI is InChI=1S/C20H20O4/c1-3-23-20(22)18(14-16-10-6-4-7-11-16)15(2)24-19(21)17-12-8-5-9-13-17/h4-13H,3,14H2,1-2H3/b18-15+. The molecule has 2 rings (SSSR count). The summed E-state index contributed by atoms with van der Waals surface area (Å²) in [5.74, 6) is -0.714. The summed E-state index contributed by atoms with van der Waals surface area (Å²) in [7, 11) is 0. The number of ether oxygens (including phenoxy) is 2. The van der Waals surface area contributed by atoms with Crippen LogP contribution in [0, 0.1) is 0 Å². The second-order valence-corrected chi connectivity index (χ2v) is 5.17. The number of allylic oxidation sites excluding steroid dienone is 1. The van der Waals surface area contributed by atoms with Crippen LogP contribution in [0.3, 0.4) is 0 Å². The molecule has 0 fully saturated rings. The third-order valence-electron chi connectivity index (χ3n) is 3.43. The van der Waals surface area contributed by atoms with Gasteiger partial charge in [0.15, 0.2) is 0 Å². The van der Waals surface area contributed by atoms with Gasteiger partial charge in [0.1, 0.15) is 5.76 Å². The lowest BCUT2D eigenvalue weighted by molar-refractivity contribution is -0.138. The predicted octanol–water partition coefficient (Wildman–Crippen LogP) is 3.92. The molecule has 124 valence electrons. The zero-order valence-electron chi connectivity index (χ0n) is 13.8. The third kappa shape index (κ3) is 4.81. The number of carbonyl (C=O) groups is 2. The largest absolute Gasteiger partial charge is 0.463 e. The van der Waals surface area contributed by atoms with Gasteiger partial charge in [-0.15, -0.1) is 0 Å². The van der Waals surface area contributed by atoms with Crippen LogP contribution in [0.1, 0.15) is 29.8 Å². The zero-order chi connectivity index (χ0) is 17.4. The van der Waals surface area contributed by atoms with Crippen molar-refractivity contribution in [1.82, 2.24) is 0 Å². The zero-order valence-corrected chi connectivity index (χ0v) is 13.8. The molecule has 0 aliphatic rings. The van der Waals surface area contributed by atoms with Crippen molar-refractivity contribution in [2.75, 3.05) is 6.61 Å². The van der Waals surface area contributed by atoms with Gasteiger partial charge in [0.25, 0.3) is 0 Å². The van der Waals surface area contributed by atoms with Crippen LogP contribution in [0.4, 0.5) is 0 Å². The number of hydrogen-bond acceptors (Lipinski definition) is 4. The van der Waals surface area contributed by atoms with E-state index in [1.807, 2.05) is 36.4 Å². The lowest BCUT2D eigenvalue weighted by Crippen LogP contribution is -2.15. The van der Waals surface area contributed by atoms with Crippen molar-refractivity contribution in [3.63, 3.8) is 0 Å². The summed E-state index contributed by atoms with van der Waals surface area (Å²) in [6.07, 6.45) is 0.341. The Balaban J connectivity index is 2.24. The van der Waals surface area contributed by atoms with Crippen molar-refractivity contribution in [3.8, 4) is 0 Å². The van der Waals surface area contributed by atoms with E-state index >= 15 is 0 Å². The molecule has 0 atom stereocenters. The number of benzene rings is 2. The Morgan fingerprint density at radius 1 is 0.917 bits per heavy atom.